The fourth-order valence-corrected chi connectivity index (χ4v) is 5.29. The predicted octanol–water partition coefficient (Wildman–Crippen LogP) is 5.45. The molecule has 0 unspecified atom stereocenters. The second-order valence-corrected chi connectivity index (χ2v) is 10.8. The minimum atomic E-state index is -4.66. The third-order valence-corrected chi connectivity index (χ3v) is 7.67. The Kier molecular flexibility index (Phi) is 9.28. The van der Waals surface area contributed by atoms with Gasteiger partial charge in [-0.15, -0.1) is 11.3 Å². The van der Waals surface area contributed by atoms with Crippen LogP contribution in [0, 0.1) is 0 Å². The molecular formula is C26H23F3IN5O5S. The van der Waals surface area contributed by atoms with Crippen LogP contribution in [0.1, 0.15) is 33.9 Å². The molecule has 0 aliphatic heterocycles. The van der Waals surface area contributed by atoms with Crippen molar-refractivity contribution in [3.05, 3.63) is 63.5 Å². The molecule has 0 saturated carbocycles. The summed E-state index contributed by atoms with van der Waals surface area (Å²) >= 11 is 2.72. The lowest BCUT2D eigenvalue weighted by Crippen LogP contribution is -2.28. The Morgan fingerprint density at radius 2 is 1.98 bits per heavy atom. The van der Waals surface area contributed by atoms with Crippen molar-refractivity contribution >= 4 is 62.6 Å². The Balaban J connectivity index is 1.94. The van der Waals surface area contributed by atoms with Gasteiger partial charge in [0.25, 0.3) is 0 Å². The number of nitrogens with zero attached hydrogens (tertiary/aromatic N) is 3. The van der Waals surface area contributed by atoms with E-state index < -0.39 is 33.3 Å². The van der Waals surface area contributed by atoms with E-state index in [2.05, 4.69) is 20.6 Å². The van der Waals surface area contributed by atoms with Crippen LogP contribution in [-0.2, 0) is 10.9 Å². The highest BCUT2D eigenvalue weighted by molar-refractivity contribution is 14.1. The summed E-state index contributed by atoms with van der Waals surface area (Å²) in [7, 11) is 0. The lowest BCUT2D eigenvalue weighted by atomic mass is 9.99. The maximum absolute atomic E-state index is 13.4. The summed E-state index contributed by atoms with van der Waals surface area (Å²) in [4.78, 5) is 46.1. The first-order valence-corrected chi connectivity index (χ1v) is 14.3. The van der Waals surface area contributed by atoms with Crippen molar-refractivity contribution in [1.82, 2.24) is 19.9 Å². The average molecular weight is 701 g/mol. The van der Waals surface area contributed by atoms with Gasteiger partial charge in [-0.2, -0.15) is 13.2 Å². The summed E-state index contributed by atoms with van der Waals surface area (Å²) in [6.07, 6.45) is -1.97. The van der Waals surface area contributed by atoms with Gasteiger partial charge in [0.2, 0.25) is 5.43 Å². The number of fused-ring (bicyclic) bond motifs is 1. The Labute approximate surface area is 248 Å². The molecule has 10 nitrogen and oxygen atoms in total. The zero-order chi connectivity index (χ0) is 29.9. The number of thiazole rings is 1. The van der Waals surface area contributed by atoms with Gasteiger partial charge in [-0.3, -0.25) is 10.1 Å². The number of ether oxygens (including phenoxy) is 1. The molecule has 41 heavy (non-hydrogen) atoms. The summed E-state index contributed by atoms with van der Waals surface area (Å²) in [6.45, 7) is 3.42. The fraction of sp³-hybridized carbons (Fsp3) is 0.269. The molecule has 0 saturated heterocycles. The maximum atomic E-state index is 13.4. The molecule has 0 spiro atoms. The van der Waals surface area contributed by atoms with Crippen molar-refractivity contribution in [2.24, 2.45) is 0 Å². The van der Waals surface area contributed by atoms with Crippen LogP contribution in [0.4, 0.5) is 23.8 Å². The van der Waals surface area contributed by atoms with Crippen LogP contribution in [0.3, 0.4) is 0 Å². The van der Waals surface area contributed by atoms with Crippen molar-refractivity contribution in [3.63, 3.8) is 0 Å². The first-order chi connectivity index (χ1) is 19.5. The molecule has 1 aromatic carbocycles. The summed E-state index contributed by atoms with van der Waals surface area (Å²) in [5.41, 5.74) is -0.550. The number of benzene rings is 1. The molecule has 2 amide bonds. The quantitative estimate of drug-likeness (QED) is 0.126. The Morgan fingerprint density at radius 3 is 2.61 bits per heavy atom. The molecule has 1 atom stereocenters. The van der Waals surface area contributed by atoms with Crippen molar-refractivity contribution in [3.8, 4) is 21.7 Å². The average Bonchev–Trinajstić information content (AvgIpc) is 3.44. The number of carbonyl (C=O) groups is 2. The number of rotatable bonds is 8. The molecule has 0 bridgehead atoms. The zero-order valence-electron chi connectivity index (χ0n) is 21.6. The van der Waals surface area contributed by atoms with Gasteiger partial charge < -0.3 is 19.7 Å². The van der Waals surface area contributed by atoms with Gasteiger partial charge in [-0.1, -0.05) is 28.7 Å². The van der Waals surface area contributed by atoms with Crippen LogP contribution in [0.15, 0.2) is 46.8 Å². The second-order valence-electron chi connectivity index (χ2n) is 8.48. The Morgan fingerprint density at radius 1 is 1.22 bits per heavy atom. The number of alkyl halides is 4. The molecule has 4 rings (SSSR count). The number of carbonyl (C=O) groups excluding carboxylic acids is 2. The van der Waals surface area contributed by atoms with E-state index in [0.717, 1.165) is 16.7 Å². The highest BCUT2D eigenvalue weighted by atomic mass is 127. The van der Waals surface area contributed by atoms with E-state index in [1.165, 1.54) is 24.5 Å². The van der Waals surface area contributed by atoms with Crippen molar-refractivity contribution < 1.29 is 32.6 Å². The standard InChI is InChI=1S/C26H23F3IN5O5S/c1-3-31-25(39)34-21-8-14(23-33-19(12-41-23)26(27,28)29)16(9-32-21)13-5-6-18-15(7-13)22(37)17(24(38)40-4-2)10-35(18)20(30)11-36/h5-10,12,20,36H,3-4,11H2,1-2H3,(H2,31,32,34,39)/t20-/m0/s1. The van der Waals surface area contributed by atoms with Crippen LogP contribution >= 0.6 is 33.9 Å². The maximum Gasteiger partial charge on any atom is 0.434 e. The van der Waals surface area contributed by atoms with Gasteiger partial charge in [-0.05, 0) is 37.6 Å². The van der Waals surface area contributed by atoms with E-state index in [0.29, 0.717) is 23.2 Å². The monoisotopic (exact) mass is 701 g/mol. The number of urea groups is 1. The first kappa shape index (κ1) is 30.4. The number of halogens is 4. The first-order valence-electron chi connectivity index (χ1n) is 12.2. The van der Waals surface area contributed by atoms with Gasteiger partial charge in [0, 0.05) is 40.8 Å². The van der Waals surface area contributed by atoms with E-state index in [9.17, 15) is 32.7 Å². The van der Waals surface area contributed by atoms with E-state index in [1.54, 1.807) is 30.5 Å². The summed E-state index contributed by atoms with van der Waals surface area (Å²) in [6, 6.07) is 5.58. The van der Waals surface area contributed by atoms with Crippen LogP contribution in [0.2, 0.25) is 0 Å². The normalized spacial score (nSPS) is 12.3. The largest absolute Gasteiger partial charge is 0.462 e. The highest BCUT2D eigenvalue weighted by Gasteiger charge is 2.34. The molecular weight excluding hydrogens is 678 g/mol. The number of aliphatic hydroxyl groups is 1. The molecule has 3 aromatic heterocycles. The van der Waals surface area contributed by atoms with Gasteiger partial charge in [0.1, 0.15) is 20.4 Å². The predicted molar refractivity (Wildman–Crippen MR) is 156 cm³/mol. The highest BCUT2D eigenvalue weighted by Crippen LogP contribution is 2.39. The molecule has 0 radical (unpaired) electrons. The molecule has 3 N–H and O–H groups in total. The number of pyridine rings is 2. The molecule has 15 heteroatoms. The summed E-state index contributed by atoms with van der Waals surface area (Å²) in [5.74, 6) is -0.757. The summed E-state index contributed by atoms with van der Waals surface area (Å²) < 4.78 is 46.2. The zero-order valence-corrected chi connectivity index (χ0v) is 24.6. The van der Waals surface area contributed by atoms with E-state index in [-0.39, 0.29) is 40.6 Å². The number of esters is 1. The van der Waals surface area contributed by atoms with Crippen LogP contribution in [0.25, 0.3) is 32.6 Å². The number of nitrogens with one attached hydrogen (secondary N) is 2. The van der Waals surface area contributed by atoms with E-state index in [1.807, 2.05) is 22.6 Å². The SMILES string of the molecule is CCNC(=O)Nc1cc(-c2nc(C(F)(F)F)cs2)c(-c2ccc3c(c2)c(=O)c(C(=O)OCC)cn3[C@H](I)CO)cn1. The molecule has 216 valence electrons. The van der Waals surface area contributed by atoms with Crippen molar-refractivity contribution in [2.45, 2.75) is 24.1 Å². The van der Waals surface area contributed by atoms with Crippen LogP contribution in [0.5, 0.6) is 0 Å². The number of aliphatic hydroxyl groups excluding tert-OH is 1. The minimum Gasteiger partial charge on any atom is -0.462 e. The van der Waals surface area contributed by atoms with Crippen molar-refractivity contribution in [2.75, 3.05) is 25.1 Å². The number of aromatic nitrogens is 3. The van der Waals surface area contributed by atoms with Gasteiger partial charge >= 0.3 is 18.2 Å². The lowest BCUT2D eigenvalue weighted by molar-refractivity contribution is -0.140. The van der Waals surface area contributed by atoms with Crippen molar-refractivity contribution in [1.29, 1.82) is 0 Å². The topological polar surface area (TPSA) is 135 Å². The second kappa shape index (κ2) is 12.5. The lowest BCUT2D eigenvalue weighted by Gasteiger charge is -2.18. The smallest absolute Gasteiger partial charge is 0.434 e. The molecule has 4 aromatic rings. The number of amides is 2. The van der Waals surface area contributed by atoms with Crippen LogP contribution in [-0.4, -0.2) is 51.4 Å². The number of anilines is 1. The Hall–Kier alpha value is -3.57. The van der Waals surface area contributed by atoms with Gasteiger partial charge in [0.05, 0.1) is 18.7 Å². The number of hydrogen-bond acceptors (Lipinski definition) is 8. The Bertz CT molecular complexity index is 1670. The van der Waals surface area contributed by atoms with Gasteiger partial charge in [0.15, 0.2) is 5.69 Å². The molecule has 0 fully saturated rings. The summed E-state index contributed by atoms with van der Waals surface area (Å²) in [5, 5.41) is 15.9. The van der Waals surface area contributed by atoms with Gasteiger partial charge in [-0.25, -0.2) is 19.6 Å². The number of hydrogen-bond donors (Lipinski definition) is 3. The third kappa shape index (κ3) is 6.51. The fourth-order valence-electron chi connectivity index (χ4n) is 3.98. The third-order valence-electron chi connectivity index (χ3n) is 5.80. The molecule has 3 heterocycles. The molecule has 0 aliphatic carbocycles. The van der Waals surface area contributed by atoms with Crippen LogP contribution < -0.4 is 16.1 Å². The molecule has 0 aliphatic rings. The van der Waals surface area contributed by atoms with E-state index in [4.69, 9.17) is 4.74 Å². The van der Waals surface area contributed by atoms with E-state index >= 15 is 0 Å². The minimum absolute atomic E-state index is 0.0130.